The maximum atomic E-state index is 14.2. The Morgan fingerprint density at radius 3 is 2.41 bits per heavy atom. The highest BCUT2D eigenvalue weighted by Gasteiger charge is 2.62. The van der Waals surface area contributed by atoms with Gasteiger partial charge in [0.1, 0.15) is 5.75 Å². The third-order valence-corrected chi connectivity index (χ3v) is 8.09. The van der Waals surface area contributed by atoms with Crippen LogP contribution in [0.2, 0.25) is 5.02 Å². The molecule has 0 saturated heterocycles. The molecule has 37 heavy (non-hydrogen) atoms. The van der Waals surface area contributed by atoms with Crippen LogP contribution in [0.15, 0.2) is 41.6 Å². The van der Waals surface area contributed by atoms with E-state index in [1.807, 2.05) is 0 Å². The first-order valence-electron chi connectivity index (χ1n) is 10.4. The van der Waals surface area contributed by atoms with Crippen LogP contribution in [-0.4, -0.2) is 37.7 Å². The summed E-state index contributed by atoms with van der Waals surface area (Å²) in [6.07, 6.45) is -10.9. The number of hydrogen-bond donors (Lipinski definition) is 1. The molecule has 15 heteroatoms. The van der Waals surface area contributed by atoms with Gasteiger partial charge in [-0.2, -0.15) is 26.3 Å². The summed E-state index contributed by atoms with van der Waals surface area (Å²) in [5, 5.41) is 5.97. The van der Waals surface area contributed by atoms with Crippen molar-refractivity contribution in [3.8, 4) is 0 Å². The smallest absolute Gasteiger partial charge is 0.374 e. The summed E-state index contributed by atoms with van der Waals surface area (Å²) in [4.78, 5) is 16.7. The molecule has 0 aromatic heterocycles. The molecule has 1 amide bonds. The average molecular weight is 683 g/mol. The van der Waals surface area contributed by atoms with Gasteiger partial charge in [0.05, 0.1) is 11.3 Å². The summed E-state index contributed by atoms with van der Waals surface area (Å²) < 4.78 is 105. The van der Waals surface area contributed by atoms with Crippen molar-refractivity contribution in [2.24, 2.45) is 5.16 Å². The molecule has 202 valence electrons. The molecule has 1 aliphatic heterocycles. The van der Waals surface area contributed by atoms with Gasteiger partial charge in [-0.05, 0) is 52.4 Å². The summed E-state index contributed by atoms with van der Waals surface area (Å²) in [7, 11) is -3.54. The molecule has 0 bridgehead atoms. The quantitative estimate of drug-likeness (QED) is 0.305. The predicted octanol–water partition coefficient (Wildman–Crippen LogP) is 5.60. The minimum Gasteiger partial charge on any atom is -0.374 e. The second-order valence-corrected chi connectivity index (χ2v) is 12.1. The molecular weight excluding hydrogens is 665 g/mol. The van der Waals surface area contributed by atoms with E-state index in [1.54, 1.807) is 0 Å². The number of nitrogens with one attached hydrogen (secondary N) is 1. The van der Waals surface area contributed by atoms with Crippen molar-refractivity contribution in [2.45, 2.75) is 37.8 Å². The van der Waals surface area contributed by atoms with Crippen LogP contribution < -0.4 is 5.32 Å². The van der Waals surface area contributed by atoms with E-state index in [0.29, 0.717) is 11.6 Å². The lowest BCUT2D eigenvalue weighted by molar-refractivity contribution is -0.276. The van der Waals surface area contributed by atoms with Crippen LogP contribution in [0, 0.1) is 3.57 Å². The van der Waals surface area contributed by atoms with Gasteiger partial charge in [0.15, 0.2) is 9.84 Å². The number of benzene rings is 2. The number of nitrogens with zero attached hydrogens (tertiary/aromatic N) is 1. The number of sulfone groups is 1. The Morgan fingerprint density at radius 1 is 1.16 bits per heavy atom. The zero-order chi connectivity index (χ0) is 27.8. The first-order valence-corrected chi connectivity index (χ1v) is 13.7. The molecule has 6 nitrogen and oxygen atoms in total. The standard InChI is InChI=1S/C22H18ClF6IN2O4S/c1-2-37(34,35)11-19(33)31-10-13-4-3-12(5-17(13)23)18-9-20(36-32-18,22(27,28)29)14-6-15(21(24,25)26)8-16(30)7-14/h3-8H,2,9-11H2,1H3,(H,31,33). The first kappa shape index (κ1) is 29.5. The summed E-state index contributed by atoms with van der Waals surface area (Å²) >= 11 is 7.71. The molecule has 0 fully saturated rings. The Morgan fingerprint density at radius 2 is 1.84 bits per heavy atom. The first-order chi connectivity index (χ1) is 17.0. The lowest BCUT2D eigenvalue weighted by atomic mass is 9.85. The zero-order valence-electron chi connectivity index (χ0n) is 18.8. The van der Waals surface area contributed by atoms with Gasteiger partial charge in [-0.1, -0.05) is 35.8 Å². The summed E-state index contributed by atoms with van der Waals surface area (Å²) in [6.45, 7) is 1.25. The van der Waals surface area contributed by atoms with Crippen LogP contribution in [-0.2, 0) is 37.8 Å². The van der Waals surface area contributed by atoms with Crippen LogP contribution in [0.4, 0.5) is 26.3 Å². The van der Waals surface area contributed by atoms with E-state index in [0.717, 1.165) is 12.1 Å². The van der Waals surface area contributed by atoms with E-state index in [-0.39, 0.29) is 32.2 Å². The number of hydrogen-bond acceptors (Lipinski definition) is 5. The van der Waals surface area contributed by atoms with E-state index < -0.39 is 57.0 Å². The molecule has 1 unspecified atom stereocenters. The van der Waals surface area contributed by atoms with Gasteiger partial charge in [0.25, 0.3) is 5.60 Å². The van der Waals surface area contributed by atoms with Gasteiger partial charge in [0, 0.05) is 38.4 Å². The molecule has 1 aliphatic rings. The Hall–Kier alpha value is -2.07. The fraction of sp³-hybridized carbons (Fsp3) is 0.364. The average Bonchev–Trinajstić information content (AvgIpc) is 3.24. The Kier molecular flexibility index (Phi) is 8.44. The predicted molar refractivity (Wildman–Crippen MR) is 132 cm³/mol. The Bertz CT molecular complexity index is 1350. The molecule has 2 aromatic carbocycles. The van der Waals surface area contributed by atoms with E-state index in [9.17, 15) is 39.6 Å². The maximum absolute atomic E-state index is 14.2. The second-order valence-electron chi connectivity index (χ2n) is 8.12. The molecule has 2 aromatic rings. The van der Waals surface area contributed by atoms with E-state index in [2.05, 4.69) is 10.5 Å². The summed E-state index contributed by atoms with van der Waals surface area (Å²) in [5.74, 6) is -1.67. The van der Waals surface area contributed by atoms with Crippen molar-refractivity contribution in [1.29, 1.82) is 0 Å². The van der Waals surface area contributed by atoms with Crippen molar-refractivity contribution in [3.63, 3.8) is 0 Å². The highest BCUT2D eigenvalue weighted by molar-refractivity contribution is 14.1. The summed E-state index contributed by atoms with van der Waals surface area (Å²) in [5.41, 5.74) is -4.87. The number of rotatable bonds is 7. The fourth-order valence-electron chi connectivity index (χ4n) is 3.46. The van der Waals surface area contributed by atoms with Crippen LogP contribution in [0.5, 0.6) is 0 Å². The molecule has 1 heterocycles. The van der Waals surface area contributed by atoms with E-state index >= 15 is 0 Å². The number of alkyl halides is 6. The number of carbonyl (C=O) groups excluding carboxylic acids is 1. The highest BCUT2D eigenvalue weighted by Crippen LogP contribution is 2.50. The minimum absolute atomic E-state index is 0.0389. The molecule has 0 radical (unpaired) electrons. The highest BCUT2D eigenvalue weighted by atomic mass is 127. The Balaban J connectivity index is 1.85. The van der Waals surface area contributed by atoms with Crippen LogP contribution >= 0.6 is 34.2 Å². The van der Waals surface area contributed by atoms with Gasteiger partial charge in [-0.15, -0.1) is 0 Å². The molecular formula is C22H18ClF6IN2O4S. The lowest BCUT2D eigenvalue weighted by Crippen LogP contribution is -2.43. The Labute approximate surface area is 226 Å². The summed E-state index contributed by atoms with van der Waals surface area (Å²) in [6, 6.07) is 6.11. The fourth-order valence-corrected chi connectivity index (χ4v) is 5.09. The van der Waals surface area contributed by atoms with Crippen LogP contribution in [0.3, 0.4) is 0 Å². The van der Waals surface area contributed by atoms with Gasteiger partial charge >= 0.3 is 12.4 Å². The molecule has 0 spiro atoms. The van der Waals surface area contributed by atoms with Crippen LogP contribution in [0.1, 0.15) is 35.6 Å². The number of carbonyl (C=O) groups is 1. The van der Waals surface area contributed by atoms with Gasteiger partial charge in [0.2, 0.25) is 5.91 Å². The maximum Gasteiger partial charge on any atom is 0.435 e. The number of halogens is 8. The monoisotopic (exact) mass is 682 g/mol. The minimum atomic E-state index is -5.11. The van der Waals surface area contributed by atoms with Crippen molar-refractivity contribution >= 4 is 55.6 Å². The second kappa shape index (κ2) is 10.6. The largest absolute Gasteiger partial charge is 0.435 e. The topological polar surface area (TPSA) is 84.8 Å². The van der Waals surface area contributed by atoms with Crippen molar-refractivity contribution in [1.82, 2.24) is 5.32 Å². The SMILES string of the molecule is CCS(=O)(=O)CC(=O)NCc1ccc(C2=NOC(c3cc(I)cc(C(F)(F)F)c3)(C(F)(F)F)C2)cc1Cl. The van der Waals surface area contributed by atoms with Gasteiger partial charge < -0.3 is 10.2 Å². The van der Waals surface area contributed by atoms with Gasteiger partial charge in [-0.3, -0.25) is 4.79 Å². The number of oxime groups is 1. The van der Waals surface area contributed by atoms with Crippen molar-refractivity contribution in [2.75, 3.05) is 11.5 Å². The van der Waals surface area contributed by atoms with E-state index in [4.69, 9.17) is 16.4 Å². The zero-order valence-corrected chi connectivity index (χ0v) is 22.5. The number of amides is 1. The molecule has 1 N–H and O–H groups in total. The van der Waals surface area contributed by atoms with Crippen molar-refractivity contribution < 1.29 is 44.4 Å². The van der Waals surface area contributed by atoms with Crippen molar-refractivity contribution in [3.05, 3.63) is 67.2 Å². The van der Waals surface area contributed by atoms with E-state index in [1.165, 1.54) is 47.7 Å². The van der Waals surface area contributed by atoms with Crippen LogP contribution in [0.25, 0.3) is 0 Å². The third kappa shape index (κ3) is 6.69. The lowest BCUT2D eigenvalue weighted by Gasteiger charge is -2.30. The normalized spacial score (nSPS) is 18.4. The molecule has 0 aliphatic carbocycles. The molecule has 0 saturated carbocycles. The molecule has 1 atom stereocenters. The van der Waals surface area contributed by atoms with Gasteiger partial charge in [-0.25, -0.2) is 8.42 Å². The third-order valence-electron chi connectivity index (χ3n) is 5.53. The molecule has 3 rings (SSSR count).